The molecule has 0 aliphatic rings. The number of carbonyl (C=O) groups excluding carboxylic acids is 2. The summed E-state index contributed by atoms with van der Waals surface area (Å²) in [5, 5.41) is 0. The van der Waals surface area contributed by atoms with Crippen LogP contribution in [0.25, 0.3) is 0 Å². The summed E-state index contributed by atoms with van der Waals surface area (Å²) < 4.78 is 0. The molecule has 0 aliphatic carbocycles. The van der Waals surface area contributed by atoms with Gasteiger partial charge in [-0.1, -0.05) is 32.0 Å². The van der Waals surface area contributed by atoms with Gasteiger partial charge in [0.1, 0.15) is 0 Å². The zero-order valence-corrected chi connectivity index (χ0v) is 9.77. The molecular formula is C13H17NO2. The van der Waals surface area contributed by atoms with Crippen LogP contribution < -0.4 is 4.90 Å². The van der Waals surface area contributed by atoms with E-state index in [-0.39, 0.29) is 12.3 Å². The lowest BCUT2D eigenvalue weighted by atomic mass is 10.1. The number of ketones is 1. The van der Waals surface area contributed by atoms with E-state index in [1.807, 2.05) is 31.2 Å². The van der Waals surface area contributed by atoms with Gasteiger partial charge >= 0.3 is 0 Å². The summed E-state index contributed by atoms with van der Waals surface area (Å²) in [4.78, 5) is 23.8. The maximum atomic E-state index is 11.4. The van der Waals surface area contributed by atoms with Gasteiger partial charge in [-0.25, -0.2) is 0 Å². The summed E-state index contributed by atoms with van der Waals surface area (Å²) in [5.74, 6) is 0.0676. The van der Waals surface area contributed by atoms with E-state index in [1.54, 1.807) is 6.92 Å². The largest absolute Gasteiger partial charge is 0.307 e. The third kappa shape index (κ3) is 2.92. The van der Waals surface area contributed by atoms with E-state index in [0.717, 1.165) is 24.1 Å². The molecule has 3 heteroatoms. The number of rotatable bonds is 6. The van der Waals surface area contributed by atoms with Gasteiger partial charge in [0.05, 0.1) is 6.54 Å². The molecule has 0 saturated carbocycles. The summed E-state index contributed by atoms with van der Waals surface area (Å²) in [6, 6.07) is 7.66. The third-order valence-electron chi connectivity index (χ3n) is 2.55. The van der Waals surface area contributed by atoms with Crippen LogP contribution in [-0.4, -0.2) is 18.7 Å². The van der Waals surface area contributed by atoms with Gasteiger partial charge in [0.25, 0.3) is 0 Å². The molecule has 0 radical (unpaired) electrons. The van der Waals surface area contributed by atoms with Gasteiger partial charge in [-0.15, -0.1) is 0 Å². The Morgan fingerprint density at radius 2 is 2.00 bits per heavy atom. The molecule has 0 fully saturated rings. The number of para-hydroxylation sites is 1. The maximum absolute atomic E-state index is 11.4. The summed E-state index contributed by atoms with van der Waals surface area (Å²) in [7, 11) is 0. The Bertz CT molecular complexity index is 374. The molecule has 0 atom stereocenters. The van der Waals surface area contributed by atoms with Crippen LogP contribution in [-0.2, 0) is 16.0 Å². The number of aryl methyl sites for hydroxylation is 1. The highest BCUT2D eigenvalue weighted by molar-refractivity contribution is 5.90. The van der Waals surface area contributed by atoms with Gasteiger partial charge in [0, 0.05) is 12.1 Å². The van der Waals surface area contributed by atoms with Crippen molar-refractivity contribution in [2.75, 3.05) is 11.4 Å². The van der Waals surface area contributed by atoms with Crippen LogP contribution in [0.15, 0.2) is 24.3 Å². The Morgan fingerprint density at radius 3 is 2.56 bits per heavy atom. The van der Waals surface area contributed by atoms with Crippen LogP contribution in [0.2, 0.25) is 0 Å². The molecule has 16 heavy (non-hydrogen) atoms. The van der Waals surface area contributed by atoms with Gasteiger partial charge in [0.2, 0.25) is 6.41 Å². The lowest BCUT2D eigenvalue weighted by molar-refractivity contribution is -0.118. The average molecular weight is 219 g/mol. The summed E-state index contributed by atoms with van der Waals surface area (Å²) >= 11 is 0. The number of hydrogen-bond donors (Lipinski definition) is 0. The Labute approximate surface area is 96.1 Å². The highest BCUT2D eigenvalue weighted by Gasteiger charge is 2.11. The average Bonchev–Trinajstić information content (AvgIpc) is 2.35. The van der Waals surface area contributed by atoms with Crippen LogP contribution in [0.4, 0.5) is 5.69 Å². The van der Waals surface area contributed by atoms with Crippen molar-refractivity contribution in [1.29, 1.82) is 0 Å². The summed E-state index contributed by atoms with van der Waals surface area (Å²) in [5.41, 5.74) is 1.92. The number of anilines is 1. The van der Waals surface area contributed by atoms with Crippen molar-refractivity contribution in [3.05, 3.63) is 29.8 Å². The molecule has 1 rings (SSSR count). The van der Waals surface area contributed by atoms with E-state index >= 15 is 0 Å². The molecule has 0 aliphatic heterocycles. The number of hydrogen-bond acceptors (Lipinski definition) is 2. The first-order valence-corrected chi connectivity index (χ1v) is 5.54. The van der Waals surface area contributed by atoms with Crippen molar-refractivity contribution in [2.24, 2.45) is 0 Å². The quantitative estimate of drug-likeness (QED) is 0.688. The Hall–Kier alpha value is -1.64. The van der Waals surface area contributed by atoms with Crippen molar-refractivity contribution in [2.45, 2.75) is 26.7 Å². The number of Topliss-reactive ketones (excluding diaryl/α,β-unsaturated/α-hetero) is 1. The molecular weight excluding hydrogens is 202 g/mol. The van der Waals surface area contributed by atoms with Crippen molar-refractivity contribution >= 4 is 17.9 Å². The van der Waals surface area contributed by atoms with Gasteiger partial charge in [-0.3, -0.25) is 9.59 Å². The standard InChI is InChI=1S/C13H17NO2/c1-3-11-7-5-6-8-13(11)14(10-15)9-12(16)4-2/h5-8,10H,3-4,9H2,1-2H3. The second kappa shape index (κ2) is 6.05. The minimum absolute atomic E-state index is 0.0676. The Balaban J connectivity index is 2.94. The van der Waals surface area contributed by atoms with E-state index in [2.05, 4.69) is 0 Å². The van der Waals surface area contributed by atoms with E-state index in [0.29, 0.717) is 6.42 Å². The first-order valence-electron chi connectivity index (χ1n) is 5.54. The normalized spacial score (nSPS) is 9.88. The predicted molar refractivity (Wildman–Crippen MR) is 64.5 cm³/mol. The third-order valence-corrected chi connectivity index (χ3v) is 2.55. The van der Waals surface area contributed by atoms with Crippen molar-refractivity contribution in [1.82, 2.24) is 0 Å². The number of amides is 1. The minimum atomic E-state index is 0.0676. The fraction of sp³-hybridized carbons (Fsp3) is 0.385. The van der Waals surface area contributed by atoms with Crippen molar-refractivity contribution in [3.63, 3.8) is 0 Å². The fourth-order valence-corrected chi connectivity index (χ4v) is 1.57. The predicted octanol–water partition coefficient (Wildman–Crippen LogP) is 2.19. The second-order valence-corrected chi connectivity index (χ2v) is 3.61. The van der Waals surface area contributed by atoms with E-state index < -0.39 is 0 Å². The van der Waals surface area contributed by atoms with E-state index in [1.165, 1.54) is 4.90 Å². The Morgan fingerprint density at radius 1 is 1.31 bits per heavy atom. The van der Waals surface area contributed by atoms with Crippen molar-refractivity contribution < 1.29 is 9.59 Å². The summed E-state index contributed by atoms with van der Waals surface area (Å²) in [6.45, 7) is 4.00. The minimum Gasteiger partial charge on any atom is -0.307 e. The van der Waals surface area contributed by atoms with E-state index in [4.69, 9.17) is 0 Å². The van der Waals surface area contributed by atoms with Crippen molar-refractivity contribution in [3.8, 4) is 0 Å². The van der Waals surface area contributed by atoms with E-state index in [9.17, 15) is 9.59 Å². The smallest absolute Gasteiger partial charge is 0.214 e. The molecule has 1 aromatic carbocycles. The first kappa shape index (κ1) is 12.4. The van der Waals surface area contributed by atoms with Crippen LogP contribution in [0.1, 0.15) is 25.8 Å². The SMILES string of the molecule is CCC(=O)CN(C=O)c1ccccc1CC. The zero-order chi connectivity index (χ0) is 12.0. The molecule has 1 amide bonds. The number of nitrogens with zero attached hydrogens (tertiary/aromatic N) is 1. The fourth-order valence-electron chi connectivity index (χ4n) is 1.57. The van der Waals surface area contributed by atoms with Gasteiger partial charge in [-0.2, -0.15) is 0 Å². The van der Waals surface area contributed by atoms with Crippen LogP contribution in [0.5, 0.6) is 0 Å². The molecule has 0 bridgehead atoms. The molecule has 0 heterocycles. The highest BCUT2D eigenvalue weighted by Crippen LogP contribution is 2.19. The van der Waals surface area contributed by atoms with Crippen LogP contribution in [0.3, 0.4) is 0 Å². The van der Waals surface area contributed by atoms with Gasteiger partial charge in [0.15, 0.2) is 5.78 Å². The molecule has 0 aromatic heterocycles. The first-order chi connectivity index (χ1) is 7.72. The Kier molecular flexibility index (Phi) is 4.70. The molecule has 86 valence electrons. The number of benzene rings is 1. The second-order valence-electron chi connectivity index (χ2n) is 3.61. The van der Waals surface area contributed by atoms with Gasteiger partial charge in [-0.05, 0) is 18.1 Å². The highest BCUT2D eigenvalue weighted by atomic mass is 16.1. The monoisotopic (exact) mass is 219 g/mol. The maximum Gasteiger partial charge on any atom is 0.214 e. The van der Waals surface area contributed by atoms with Crippen LogP contribution in [0, 0.1) is 0 Å². The molecule has 0 saturated heterocycles. The van der Waals surface area contributed by atoms with Gasteiger partial charge < -0.3 is 4.90 Å². The van der Waals surface area contributed by atoms with Crippen LogP contribution >= 0.6 is 0 Å². The molecule has 3 nitrogen and oxygen atoms in total. The lowest BCUT2D eigenvalue weighted by Crippen LogP contribution is -2.28. The summed E-state index contributed by atoms with van der Waals surface area (Å²) in [6.07, 6.45) is 2.03. The molecule has 0 spiro atoms. The molecule has 0 unspecified atom stereocenters. The zero-order valence-electron chi connectivity index (χ0n) is 9.77. The molecule has 0 N–H and O–H groups in total. The lowest BCUT2D eigenvalue weighted by Gasteiger charge is -2.19. The topological polar surface area (TPSA) is 37.4 Å². The number of carbonyl (C=O) groups is 2. The molecule has 1 aromatic rings.